The molecule has 0 saturated heterocycles. The molecule has 7 nitrogen and oxygen atoms in total. The first-order chi connectivity index (χ1) is 9.40. The van der Waals surface area contributed by atoms with Crippen molar-refractivity contribution in [2.24, 2.45) is 0 Å². The molecule has 0 aliphatic heterocycles. The highest BCUT2D eigenvalue weighted by Crippen LogP contribution is 2.02. The van der Waals surface area contributed by atoms with Crippen LogP contribution in [0.15, 0.2) is 24.3 Å². The first kappa shape index (κ1) is 17.8. The lowest BCUT2D eigenvalue weighted by Gasteiger charge is -2.19. The van der Waals surface area contributed by atoms with Crippen molar-refractivity contribution in [3.63, 3.8) is 0 Å². The largest absolute Gasteiger partial charge is 0.466 e. The first-order valence-electron chi connectivity index (χ1n) is 5.82. The van der Waals surface area contributed by atoms with Crippen LogP contribution in [0.4, 0.5) is 0 Å². The number of hydroxylamine groups is 2. The van der Waals surface area contributed by atoms with Crippen LogP contribution in [0.1, 0.15) is 13.3 Å². The summed E-state index contributed by atoms with van der Waals surface area (Å²) in [6.45, 7) is 5.38. The zero-order valence-electron chi connectivity index (χ0n) is 11.9. The molecule has 0 saturated carbocycles. The van der Waals surface area contributed by atoms with Crippen LogP contribution >= 0.6 is 0 Å². The van der Waals surface area contributed by atoms with Crippen molar-refractivity contribution in [3.05, 3.63) is 24.3 Å². The van der Waals surface area contributed by atoms with E-state index in [0.717, 1.165) is 17.2 Å². The van der Waals surface area contributed by atoms with Gasteiger partial charge >= 0.3 is 11.9 Å². The topological polar surface area (TPSA) is 82.1 Å². The van der Waals surface area contributed by atoms with E-state index in [2.05, 4.69) is 11.3 Å². The smallest absolute Gasteiger partial charge is 0.331 e. The Morgan fingerprint density at radius 3 is 2.25 bits per heavy atom. The summed E-state index contributed by atoms with van der Waals surface area (Å²) in [5.41, 5.74) is 0.704. The summed E-state index contributed by atoms with van der Waals surface area (Å²) >= 11 is 0. The SMILES string of the molecule is C=C(C)CC(=O)N(CCOC(=O)/C=C/C(=O)OC)OC. The van der Waals surface area contributed by atoms with Gasteiger partial charge in [-0.15, -0.1) is 0 Å². The maximum atomic E-state index is 11.6. The van der Waals surface area contributed by atoms with E-state index in [1.807, 2.05) is 0 Å². The summed E-state index contributed by atoms with van der Waals surface area (Å²) in [5.74, 6) is -1.64. The molecule has 20 heavy (non-hydrogen) atoms. The molecule has 0 heterocycles. The van der Waals surface area contributed by atoms with E-state index in [9.17, 15) is 14.4 Å². The number of amides is 1. The molecule has 0 aromatic carbocycles. The second-order valence-corrected chi connectivity index (χ2v) is 3.84. The number of carbonyl (C=O) groups is 3. The van der Waals surface area contributed by atoms with E-state index in [-0.39, 0.29) is 25.5 Å². The number of nitrogens with zero attached hydrogens (tertiary/aromatic N) is 1. The lowest BCUT2D eigenvalue weighted by Crippen LogP contribution is -2.33. The minimum atomic E-state index is -0.709. The predicted octanol–water partition coefficient (Wildman–Crippen LogP) is 0.615. The lowest BCUT2D eigenvalue weighted by molar-refractivity contribution is -0.179. The number of esters is 2. The number of hydrogen-bond acceptors (Lipinski definition) is 6. The second kappa shape index (κ2) is 9.74. The maximum Gasteiger partial charge on any atom is 0.331 e. The summed E-state index contributed by atoms with van der Waals surface area (Å²) in [6, 6.07) is 0. The van der Waals surface area contributed by atoms with Gasteiger partial charge in [0.15, 0.2) is 0 Å². The molecule has 0 spiro atoms. The highest BCUT2D eigenvalue weighted by atomic mass is 16.7. The lowest BCUT2D eigenvalue weighted by atomic mass is 10.2. The van der Waals surface area contributed by atoms with Gasteiger partial charge in [-0.25, -0.2) is 14.7 Å². The molecule has 0 aliphatic carbocycles. The fourth-order valence-corrected chi connectivity index (χ4v) is 1.15. The number of rotatable bonds is 8. The molecule has 1 amide bonds. The van der Waals surface area contributed by atoms with Crippen molar-refractivity contribution in [2.75, 3.05) is 27.4 Å². The Morgan fingerprint density at radius 2 is 1.75 bits per heavy atom. The van der Waals surface area contributed by atoms with Gasteiger partial charge in [-0.1, -0.05) is 12.2 Å². The molecule has 0 aliphatic rings. The van der Waals surface area contributed by atoms with Crippen LogP contribution in [0.5, 0.6) is 0 Å². The molecule has 0 radical (unpaired) electrons. The molecule has 0 rings (SSSR count). The molecular formula is C13H19NO6. The van der Waals surface area contributed by atoms with Gasteiger partial charge < -0.3 is 9.47 Å². The van der Waals surface area contributed by atoms with E-state index in [1.54, 1.807) is 6.92 Å². The number of hydrogen-bond donors (Lipinski definition) is 0. The van der Waals surface area contributed by atoms with Crippen molar-refractivity contribution < 1.29 is 28.7 Å². The molecule has 0 aromatic heterocycles. The van der Waals surface area contributed by atoms with Crippen LogP contribution in [0.3, 0.4) is 0 Å². The molecule has 0 fully saturated rings. The molecular weight excluding hydrogens is 266 g/mol. The van der Waals surface area contributed by atoms with Gasteiger partial charge in [-0.05, 0) is 6.92 Å². The summed E-state index contributed by atoms with van der Waals surface area (Å²) in [4.78, 5) is 38.5. The summed E-state index contributed by atoms with van der Waals surface area (Å²) < 4.78 is 9.11. The third-order valence-corrected chi connectivity index (χ3v) is 2.05. The van der Waals surface area contributed by atoms with Gasteiger partial charge in [0, 0.05) is 18.6 Å². The Bertz CT molecular complexity index is 402. The Balaban J connectivity index is 4.10. The number of ether oxygens (including phenoxy) is 2. The van der Waals surface area contributed by atoms with Crippen LogP contribution in [-0.2, 0) is 28.7 Å². The van der Waals surface area contributed by atoms with Crippen LogP contribution in [0, 0.1) is 0 Å². The van der Waals surface area contributed by atoms with E-state index >= 15 is 0 Å². The Hall–Kier alpha value is -2.15. The molecule has 7 heteroatoms. The fraction of sp³-hybridized carbons (Fsp3) is 0.462. The van der Waals surface area contributed by atoms with Crippen molar-refractivity contribution in [2.45, 2.75) is 13.3 Å². The fourth-order valence-electron chi connectivity index (χ4n) is 1.15. The first-order valence-corrected chi connectivity index (χ1v) is 5.82. The average molecular weight is 285 g/mol. The number of methoxy groups -OCH3 is 1. The second-order valence-electron chi connectivity index (χ2n) is 3.84. The number of carbonyl (C=O) groups excluding carboxylic acids is 3. The Kier molecular flexibility index (Phi) is 8.69. The van der Waals surface area contributed by atoms with Crippen molar-refractivity contribution in [1.29, 1.82) is 0 Å². The molecule has 0 bridgehead atoms. The van der Waals surface area contributed by atoms with E-state index in [1.165, 1.54) is 14.2 Å². The minimum Gasteiger partial charge on any atom is -0.466 e. The van der Waals surface area contributed by atoms with E-state index in [0.29, 0.717) is 5.57 Å². The molecule has 0 unspecified atom stereocenters. The highest BCUT2D eigenvalue weighted by Gasteiger charge is 2.13. The quantitative estimate of drug-likeness (QED) is 0.281. The monoisotopic (exact) mass is 285 g/mol. The van der Waals surface area contributed by atoms with Gasteiger partial charge in [0.1, 0.15) is 6.61 Å². The molecule has 0 aromatic rings. The zero-order valence-corrected chi connectivity index (χ0v) is 11.9. The predicted molar refractivity (Wildman–Crippen MR) is 70.3 cm³/mol. The van der Waals surface area contributed by atoms with E-state index < -0.39 is 11.9 Å². The van der Waals surface area contributed by atoms with Crippen molar-refractivity contribution >= 4 is 17.8 Å². The third-order valence-electron chi connectivity index (χ3n) is 2.05. The van der Waals surface area contributed by atoms with Crippen LogP contribution in [0.2, 0.25) is 0 Å². The summed E-state index contributed by atoms with van der Waals surface area (Å²) in [5, 5.41) is 1.08. The molecule has 0 atom stereocenters. The Labute approximate surface area is 117 Å². The van der Waals surface area contributed by atoms with Gasteiger partial charge in [0.25, 0.3) is 0 Å². The third kappa shape index (κ3) is 8.04. The van der Waals surface area contributed by atoms with Gasteiger partial charge in [-0.3, -0.25) is 9.63 Å². The van der Waals surface area contributed by atoms with Gasteiger partial charge in [0.2, 0.25) is 5.91 Å². The van der Waals surface area contributed by atoms with Crippen LogP contribution < -0.4 is 0 Å². The standard InChI is InChI=1S/C13H19NO6/c1-10(2)9-11(15)14(19-4)7-8-20-13(17)6-5-12(16)18-3/h5-6H,1,7-9H2,2-4H3/b6-5+. The normalized spacial score (nSPS) is 10.2. The minimum absolute atomic E-state index is 0.0554. The van der Waals surface area contributed by atoms with Crippen molar-refractivity contribution in [1.82, 2.24) is 5.06 Å². The van der Waals surface area contributed by atoms with Crippen LogP contribution in [0.25, 0.3) is 0 Å². The molecule has 0 N–H and O–H groups in total. The van der Waals surface area contributed by atoms with Crippen LogP contribution in [-0.4, -0.2) is 50.3 Å². The van der Waals surface area contributed by atoms with Gasteiger partial charge in [0.05, 0.1) is 20.8 Å². The average Bonchev–Trinajstić information content (AvgIpc) is 2.39. The maximum absolute atomic E-state index is 11.6. The van der Waals surface area contributed by atoms with E-state index in [4.69, 9.17) is 9.57 Å². The Morgan fingerprint density at radius 1 is 1.15 bits per heavy atom. The molecule has 112 valence electrons. The zero-order chi connectivity index (χ0) is 15.5. The highest BCUT2D eigenvalue weighted by molar-refractivity contribution is 5.91. The summed E-state index contributed by atoms with van der Waals surface area (Å²) in [7, 11) is 2.54. The van der Waals surface area contributed by atoms with Crippen molar-refractivity contribution in [3.8, 4) is 0 Å². The summed E-state index contributed by atoms with van der Waals surface area (Å²) in [6.07, 6.45) is 2.05. The van der Waals surface area contributed by atoms with Gasteiger partial charge in [-0.2, -0.15) is 0 Å².